The molecule has 0 aliphatic carbocycles. The van der Waals surface area contributed by atoms with Crippen LogP contribution in [0.5, 0.6) is 0 Å². The van der Waals surface area contributed by atoms with Crippen LogP contribution in [0.15, 0.2) is 158 Å². The Balaban J connectivity index is 1.19. The van der Waals surface area contributed by atoms with Crippen LogP contribution in [0, 0.1) is 0 Å². The molecule has 0 unspecified atom stereocenters. The van der Waals surface area contributed by atoms with Gasteiger partial charge in [0.15, 0.2) is 0 Å². The lowest BCUT2D eigenvalue weighted by atomic mass is 9.84. The maximum Gasteiger partial charge on any atom is 0.0433 e. The van der Waals surface area contributed by atoms with E-state index in [1.54, 1.807) is 0 Å². The van der Waals surface area contributed by atoms with Crippen molar-refractivity contribution in [1.82, 2.24) is 0 Å². The van der Waals surface area contributed by atoms with Crippen LogP contribution in [0.2, 0.25) is 0 Å². The van der Waals surface area contributed by atoms with Gasteiger partial charge < -0.3 is 0 Å². The Labute approximate surface area is 284 Å². The van der Waals surface area contributed by atoms with Gasteiger partial charge >= 0.3 is 0 Å². The van der Waals surface area contributed by atoms with Gasteiger partial charge in [0.1, 0.15) is 0 Å². The normalized spacial score (nSPS) is 12.2. The number of thiophene rings is 2. The van der Waals surface area contributed by atoms with Crippen molar-refractivity contribution in [2.45, 2.75) is 0 Å². The first kappa shape index (κ1) is 26.5. The van der Waals surface area contributed by atoms with Gasteiger partial charge in [-0.3, -0.25) is 0 Å². The molecule has 2 heterocycles. The van der Waals surface area contributed by atoms with E-state index in [2.05, 4.69) is 158 Å². The van der Waals surface area contributed by atoms with Gasteiger partial charge in [-0.25, -0.2) is 0 Å². The number of hydrogen-bond acceptors (Lipinski definition) is 2. The van der Waals surface area contributed by atoms with Crippen molar-refractivity contribution in [3.63, 3.8) is 0 Å². The van der Waals surface area contributed by atoms with Gasteiger partial charge in [-0.2, -0.15) is 0 Å². The second-order valence-corrected chi connectivity index (χ2v) is 14.9. The maximum absolute atomic E-state index is 2.45. The highest BCUT2D eigenvalue weighted by Crippen LogP contribution is 2.48. The maximum atomic E-state index is 2.45. The first-order chi connectivity index (χ1) is 23.8. The predicted molar refractivity (Wildman–Crippen MR) is 213 cm³/mol. The molecule has 0 spiro atoms. The van der Waals surface area contributed by atoms with E-state index in [-0.39, 0.29) is 0 Å². The molecule has 11 aromatic rings. The van der Waals surface area contributed by atoms with Gasteiger partial charge in [0.05, 0.1) is 0 Å². The van der Waals surface area contributed by atoms with Crippen LogP contribution in [0.3, 0.4) is 0 Å². The third-order valence-corrected chi connectivity index (χ3v) is 12.6. The second kappa shape index (κ2) is 9.98. The molecule has 2 aromatic heterocycles. The number of hydrogen-bond donors (Lipinski definition) is 0. The standard InChI is InChI=1S/C46H26S2/c1-3-13-30-27(10-1)12-9-19-32(30)45-35-17-7-5-15-33(35)44(34-16-6-8-18-36(34)45)29-21-23-41-38(24-29)40-26-43-39(25-42(40)47-41)37-22-20-28-11-2-4-14-31(28)46(37)48-43/h1-26H. The van der Waals surface area contributed by atoms with E-state index in [9.17, 15) is 0 Å². The fraction of sp³-hybridized carbons (Fsp3) is 0. The summed E-state index contributed by atoms with van der Waals surface area (Å²) in [5, 5.41) is 15.8. The first-order valence-corrected chi connectivity index (χ1v) is 18.1. The Kier molecular flexibility index (Phi) is 5.51. The number of rotatable bonds is 2. The lowest BCUT2D eigenvalue weighted by Crippen LogP contribution is -1.91. The monoisotopic (exact) mass is 642 g/mol. The molecule has 0 nitrogen and oxygen atoms in total. The van der Waals surface area contributed by atoms with Crippen molar-refractivity contribution in [2.75, 3.05) is 0 Å². The molecule has 0 fully saturated rings. The molecule has 222 valence electrons. The van der Waals surface area contributed by atoms with Crippen molar-refractivity contribution in [3.05, 3.63) is 158 Å². The Morgan fingerprint density at radius 2 is 0.833 bits per heavy atom. The minimum absolute atomic E-state index is 1.27. The summed E-state index contributed by atoms with van der Waals surface area (Å²) in [5.41, 5.74) is 5.16. The molecule has 0 radical (unpaired) electrons. The molecule has 0 amide bonds. The van der Waals surface area contributed by atoms with Crippen LogP contribution in [0.4, 0.5) is 0 Å². The molecular formula is C46H26S2. The van der Waals surface area contributed by atoms with Crippen LogP contribution in [0.25, 0.3) is 106 Å². The summed E-state index contributed by atoms with van der Waals surface area (Å²) in [6, 6.07) is 58.8. The van der Waals surface area contributed by atoms with Gasteiger partial charge in [-0.1, -0.05) is 133 Å². The Hall–Kier alpha value is -5.54. The highest BCUT2D eigenvalue weighted by atomic mass is 32.1. The van der Waals surface area contributed by atoms with Crippen molar-refractivity contribution >= 4 is 106 Å². The molecule has 9 aromatic carbocycles. The van der Waals surface area contributed by atoms with E-state index >= 15 is 0 Å². The smallest absolute Gasteiger partial charge is 0.0433 e. The van der Waals surface area contributed by atoms with Crippen molar-refractivity contribution in [1.29, 1.82) is 0 Å². The molecule has 48 heavy (non-hydrogen) atoms. The Morgan fingerprint density at radius 1 is 0.292 bits per heavy atom. The lowest BCUT2D eigenvalue weighted by molar-refractivity contribution is 1.69. The molecule has 0 saturated heterocycles. The predicted octanol–water partition coefficient (Wildman–Crippen LogP) is 14.4. The van der Waals surface area contributed by atoms with Crippen molar-refractivity contribution in [2.24, 2.45) is 0 Å². The zero-order valence-corrected chi connectivity index (χ0v) is 27.5. The molecule has 0 saturated carbocycles. The minimum Gasteiger partial charge on any atom is -0.135 e. The summed E-state index contributed by atoms with van der Waals surface area (Å²) in [6.07, 6.45) is 0. The SMILES string of the molecule is c1ccc2c(-c3c4ccccc4c(-c4ccc5sc6cc7c(cc6c5c4)sc4c5ccccc5ccc74)c4ccccc34)cccc2c1. The van der Waals surface area contributed by atoms with Crippen LogP contribution in [-0.2, 0) is 0 Å². The van der Waals surface area contributed by atoms with E-state index < -0.39 is 0 Å². The Bertz CT molecular complexity index is 3060. The molecule has 0 aliphatic rings. The second-order valence-electron chi connectivity index (χ2n) is 12.8. The first-order valence-electron chi connectivity index (χ1n) is 16.4. The molecule has 0 aliphatic heterocycles. The average molecular weight is 643 g/mol. The van der Waals surface area contributed by atoms with E-state index in [0.717, 1.165) is 0 Å². The molecule has 11 rings (SSSR count). The fourth-order valence-electron chi connectivity index (χ4n) is 8.10. The molecular weight excluding hydrogens is 617 g/mol. The fourth-order valence-corrected chi connectivity index (χ4v) is 10.5. The van der Waals surface area contributed by atoms with E-state index in [4.69, 9.17) is 0 Å². The molecule has 0 N–H and O–H groups in total. The summed E-state index contributed by atoms with van der Waals surface area (Å²) >= 11 is 3.84. The zero-order valence-electron chi connectivity index (χ0n) is 25.8. The third kappa shape index (κ3) is 3.70. The molecule has 0 atom stereocenters. The van der Waals surface area contributed by atoms with Crippen molar-refractivity contribution in [3.8, 4) is 22.3 Å². The van der Waals surface area contributed by atoms with Gasteiger partial charge in [0, 0.05) is 40.3 Å². The highest BCUT2D eigenvalue weighted by molar-refractivity contribution is 7.28. The topological polar surface area (TPSA) is 0 Å². The molecule has 2 heteroatoms. The highest BCUT2D eigenvalue weighted by Gasteiger charge is 2.19. The van der Waals surface area contributed by atoms with Gasteiger partial charge in [0.2, 0.25) is 0 Å². The van der Waals surface area contributed by atoms with Gasteiger partial charge in [-0.05, 0) is 89.6 Å². The number of fused-ring (bicyclic) bond motifs is 11. The summed E-state index contributed by atoms with van der Waals surface area (Å²) in [5.74, 6) is 0. The van der Waals surface area contributed by atoms with Gasteiger partial charge in [0.25, 0.3) is 0 Å². The largest absolute Gasteiger partial charge is 0.135 e. The molecule has 0 bridgehead atoms. The third-order valence-electron chi connectivity index (χ3n) is 10.2. The zero-order chi connectivity index (χ0) is 31.3. The van der Waals surface area contributed by atoms with Gasteiger partial charge in [-0.15, -0.1) is 22.7 Å². The summed E-state index contributed by atoms with van der Waals surface area (Å²) in [4.78, 5) is 0. The van der Waals surface area contributed by atoms with Crippen LogP contribution < -0.4 is 0 Å². The number of benzene rings is 9. The van der Waals surface area contributed by atoms with E-state index in [0.29, 0.717) is 0 Å². The summed E-state index contributed by atoms with van der Waals surface area (Å²) in [6.45, 7) is 0. The lowest BCUT2D eigenvalue weighted by Gasteiger charge is -2.19. The Morgan fingerprint density at radius 3 is 1.56 bits per heavy atom. The van der Waals surface area contributed by atoms with Crippen molar-refractivity contribution < 1.29 is 0 Å². The van der Waals surface area contributed by atoms with Crippen LogP contribution >= 0.6 is 22.7 Å². The van der Waals surface area contributed by atoms with E-state index in [1.165, 1.54) is 106 Å². The summed E-state index contributed by atoms with van der Waals surface area (Å²) < 4.78 is 5.43. The van der Waals surface area contributed by atoms with E-state index in [1.807, 2.05) is 22.7 Å². The summed E-state index contributed by atoms with van der Waals surface area (Å²) in [7, 11) is 0. The minimum atomic E-state index is 1.27. The average Bonchev–Trinajstić information content (AvgIpc) is 3.69. The van der Waals surface area contributed by atoms with Crippen LogP contribution in [0.1, 0.15) is 0 Å². The van der Waals surface area contributed by atoms with Crippen LogP contribution in [-0.4, -0.2) is 0 Å². The quantitative estimate of drug-likeness (QED) is 0.165.